The third kappa shape index (κ3) is 1.07. The second kappa shape index (κ2) is 3.07. The molecule has 3 atom stereocenters. The second-order valence-electron chi connectivity index (χ2n) is 5.17. The first-order chi connectivity index (χ1) is 6.83. The van der Waals surface area contributed by atoms with E-state index >= 15 is 0 Å². The number of hydrogen-bond donors (Lipinski definition) is 0. The van der Waals surface area contributed by atoms with Crippen molar-refractivity contribution in [3.63, 3.8) is 0 Å². The highest BCUT2D eigenvalue weighted by Gasteiger charge is 2.74. The van der Waals surface area contributed by atoms with E-state index in [-0.39, 0.29) is 16.0 Å². The Morgan fingerprint density at radius 3 is 2.53 bits per heavy atom. The van der Waals surface area contributed by atoms with Crippen LogP contribution >= 0.6 is 31.9 Å². The molecule has 2 rings (SSSR count). The average Bonchev–Trinajstić information content (AvgIpc) is 2.48. The molecule has 0 aromatic rings. The average molecular weight is 335 g/mol. The number of fused-ring (bicyclic) bond motifs is 2. The van der Waals surface area contributed by atoms with Crippen molar-refractivity contribution in [3.05, 3.63) is 0 Å². The monoisotopic (exact) mass is 333 g/mol. The number of carbonyl (C=O) groups excluding carboxylic acids is 1. The molecule has 2 aliphatic rings. The lowest BCUT2D eigenvalue weighted by Gasteiger charge is -2.40. The van der Waals surface area contributed by atoms with Crippen molar-refractivity contribution in [1.82, 2.24) is 0 Å². The highest BCUT2D eigenvalue weighted by atomic mass is 79.9. The Hall–Kier alpha value is 0.120. The third-order valence-electron chi connectivity index (χ3n) is 4.41. The van der Waals surface area contributed by atoms with Crippen LogP contribution in [0.3, 0.4) is 0 Å². The highest BCUT2D eigenvalue weighted by Crippen LogP contribution is 2.70. The standard InChI is InChI=1S/C11H13Br2NO/c1-9(2)8(15)11(13)4-3-10(9,5-6-14)7(11)12/h7H,3-5H2,1-2H3/t7-,10+,11+/m0/s1. The van der Waals surface area contributed by atoms with E-state index in [9.17, 15) is 4.79 Å². The van der Waals surface area contributed by atoms with E-state index in [1.807, 2.05) is 13.8 Å². The van der Waals surface area contributed by atoms with Gasteiger partial charge in [0.1, 0.15) is 0 Å². The van der Waals surface area contributed by atoms with Gasteiger partial charge in [-0.3, -0.25) is 4.79 Å². The smallest absolute Gasteiger partial charge is 0.156 e. The van der Waals surface area contributed by atoms with Crippen molar-refractivity contribution in [2.24, 2.45) is 10.8 Å². The molecule has 2 aliphatic carbocycles. The highest BCUT2D eigenvalue weighted by molar-refractivity contribution is 9.13. The van der Waals surface area contributed by atoms with Gasteiger partial charge in [-0.1, -0.05) is 45.7 Å². The molecule has 0 amide bonds. The van der Waals surface area contributed by atoms with Crippen LogP contribution in [0.25, 0.3) is 0 Å². The molecule has 0 spiro atoms. The van der Waals surface area contributed by atoms with Crippen molar-refractivity contribution in [3.8, 4) is 6.07 Å². The number of nitriles is 1. The van der Waals surface area contributed by atoms with Gasteiger partial charge >= 0.3 is 0 Å². The fraction of sp³-hybridized carbons (Fsp3) is 0.818. The Morgan fingerprint density at radius 2 is 2.13 bits per heavy atom. The Morgan fingerprint density at radius 1 is 1.53 bits per heavy atom. The summed E-state index contributed by atoms with van der Waals surface area (Å²) in [4.78, 5) is 12.4. The topological polar surface area (TPSA) is 40.9 Å². The normalized spacial score (nSPS) is 46.9. The lowest BCUT2D eigenvalue weighted by molar-refractivity contribution is -0.131. The summed E-state index contributed by atoms with van der Waals surface area (Å²) >= 11 is 7.24. The number of rotatable bonds is 1. The van der Waals surface area contributed by atoms with Crippen molar-refractivity contribution in [2.75, 3.05) is 0 Å². The molecule has 0 unspecified atom stereocenters. The molecule has 82 valence electrons. The van der Waals surface area contributed by atoms with Gasteiger partial charge in [0.05, 0.1) is 10.4 Å². The first-order valence-electron chi connectivity index (χ1n) is 5.08. The quantitative estimate of drug-likeness (QED) is 0.691. The fourth-order valence-electron chi connectivity index (χ4n) is 3.24. The number of Topliss-reactive ketones (excluding diaryl/α,β-unsaturated/α-hetero) is 1. The number of carbonyl (C=O) groups is 1. The predicted molar refractivity (Wildman–Crippen MR) is 65.1 cm³/mol. The van der Waals surface area contributed by atoms with Crippen LogP contribution in [0.2, 0.25) is 0 Å². The SMILES string of the molecule is CC1(C)C(=O)[C@@]2(Br)CC[C@@]1(CC#N)[C@@H]2Br. The Labute approximate surface area is 107 Å². The van der Waals surface area contributed by atoms with Gasteiger partial charge in [-0.25, -0.2) is 0 Å². The van der Waals surface area contributed by atoms with Gasteiger partial charge in [0.25, 0.3) is 0 Å². The van der Waals surface area contributed by atoms with Crippen molar-refractivity contribution in [1.29, 1.82) is 5.26 Å². The van der Waals surface area contributed by atoms with Crippen LogP contribution in [0.4, 0.5) is 0 Å². The molecule has 0 heterocycles. The molecule has 0 radical (unpaired) electrons. The van der Waals surface area contributed by atoms with Crippen molar-refractivity contribution in [2.45, 2.75) is 42.3 Å². The van der Waals surface area contributed by atoms with Crippen LogP contribution in [-0.4, -0.2) is 14.9 Å². The molecule has 2 fully saturated rings. The molecular weight excluding hydrogens is 322 g/mol. The summed E-state index contributed by atoms with van der Waals surface area (Å²) in [5.74, 6) is 0.248. The lowest BCUT2D eigenvalue weighted by Crippen LogP contribution is -2.42. The van der Waals surface area contributed by atoms with Gasteiger partial charge in [0.2, 0.25) is 0 Å². The molecule has 0 N–H and O–H groups in total. The van der Waals surface area contributed by atoms with Gasteiger partial charge in [0.15, 0.2) is 5.78 Å². The van der Waals surface area contributed by atoms with Crippen molar-refractivity contribution < 1.29 is 4.79 Å². The Bertz CT molecular complexity index is 373. The molecule has 0 saturated heterocycles. The molecule has 4 heteroatoms. The fourth-order valence-corrected chi connectivity index (χ4v) is 5.77. The van der Waals surface area contributed by atoms with E-state index in [0.717, 1.165) is 12.8 Å². The zero-order valence-corrected chi connectivity index (χ0v) is 12.0. The maximum Gasteiger partial charge on any atom is 0.156 e. The van der Waals surface area contributed by atoms with E-state index < -0.39 is 9.74 Å². The summed E-state index contributed by atoms with van der Waals surface area (Å²) in [6.07, 6.45) is 2.24. The van der Waals surface area contributed by atoms with Crippen LogP contribution in [0.1, 0.15) is 33.1 Å². The van der Waals surface area contributed by atoms with E-state index in [1.54, 1.807) is 0 Å². The number of alkyl halides is 2. The largest absolute Gasteiger partial charge is 0.297 e. The van der Waals surface area contributed by atoms with E-state index in [0.29, 0.717) is 6.42 Å². The summed E-state index contributed by atoms with van der Waals surface area (Å²) in [5.41, 5.74) is -0.596. The van der Waals surface area contributed by atoms with Crippen LogP contribution < -0.4 is 0 Å². The first-order valence-corrected chi connectivity index (χ1v) is 6.79. The number of ketones is 1. The maximum absolute atomic E-state index is 12.3. The zero-order chi connectivity index (χ0) is 11.5. The van der Waals surface area contributed by atoms with Crippen molar-refractivity contribution >= 4 is 37.6 Å². The summed E-state index contributed by atoms with van der Waals surface area (Å²) < 4.78 is -0.437. The van der Waals surface area contributed by atoms with Gasteiger partial charge in [-0.2, -0.15) is 5.26 Å². The van der Waals surface area contributed by atoms with Gasteiger partial charge in [-0.15, -0.1) is 0 Å². The number of halogens is 2. The van der Waals surface area contributed by atoms with Gasteiger partial charge in [0, 0.05) is 22.1 Å². The van der Waals surface area contributed by atoms with Crippen LogP contribution in [0.5, 0.6) is 0 Å². The van der Waals surface area contributed by atoms with E-state index in [2.05, 4.69) is 37.9 Å². The maximum atomic E-state index is 12.3. The summed E-state index contributed by atoms with van der Waals surface area (Å²) in [5, 5.41) is 8.96. The van der Waals surface area contributed by atoms with Gasteiger partial charge in [-0.05, 0) is 12.8 Å². The molecule has 0 aromatic heterocycles. The molecule has 2 saturated carbocycles. The van der Waals surface area contributed by atoms with Crippen LogP contribution in [0, 0.1) is 22.2 Å². The minimum Gasteiger partial charge on any atom is -0.297 e. The Kier molecular flexibility index (Phi) is 2.38. The molecule has 0 aliphatic heterocycles. The number of nitrogens with zero attached hydrogens (tertiary/aromatic N) is 1. The lowest BCUT2D eigenvalue weighted by atomic mass is 9.63. The molecular formula is C11H13Br2NO. The molecule has 2 bridgehead atoms. The third-order valence-corrected chi connectivity index (χ3v) is 7.89. The summed E-state index contributed by atoms with van der Waals surface area (Å²) in [6, 6.07) is 2.25. The molecule has 15 heavy (non-hydrogen) atoms. The van der Waals surface area contributed by atoms with Crippen LogP contribution in [0.15, 0.2) is 0 Å². The van der Waals surface area contributed by atoms with Gasteiger partial charge < -0.3 is 0 Å². The summed E-state index contributed by atoms with van der Waals surface area (Å²) in [7, 11) is 0. The minimum absolute atomic E-state index is 0.0830. The Balaban J connectivity index is 2.57. The molecule has 0 aromatic carbocycles. The minimum atomic E-state index is -0.437. The summed E-state index contributed by atoms with van der Waals surface area (Å²) in [6.45, 7) is 3.95. The first kappa shape index (κ1) is 11.6. The van der Waals surface area contributed by atoms with E-state index in [1.165, 1.54) is 0 Å². The second-order valence-corrected chi connectivity index (χ2v) is 7.50. The number of hydrogen-bond acceptors (Lipinski definition) is 2. The van der Waals surface area contributed by atoms with E-state index in [4.69, 9.17) is 5.26 Å². The molecule has 2 nitrogen and oxygen atoms in total. The zero-order valence-electron chi connectivity index (χ0n) is 8.81. The van der Waals surface area contributed by atoms with Crippen LogP contribution in [-0.2, 0) is 4.79 Å². The predicted octanol–water partition coefficient (Wildman–Crippen LogP) is 3.19.